The SMILES string of the molecule is CO[C@]12[C@H](CO[C@@H]1NC(=O)OC(C)(C)C)C(C)(C)O[C@@H]2CO. The summed E-state index contributed by atoms with van der Waals surface area (Å²) in [5.41, 5.74) is -2.06. The number of nitrogens with one attached hydrogen (secondary N) is 1. The van der Waals surface area contributed by atoms with E-state index in [1.165, 1.54) is 0 Å². The Balaban J connectivity index is 2.21. The van der Waals surface area contributed by atoms with Crippen molar-refractivity contribution in [1.29, 1.82) is 0 Å². The van der Waals surface area contributed by atoms with Crippen LogP contribution in [0.5, 0.6) is 0 Å². The smallest absolute Gasteiger partial charge is 0.409 e. The molecule has 7 nitrogen and oxygen atoms in total. The summed E-state index contributed by atoms with van der Waals surface area (Å²) in [6.07, 6.45) is -1.91. The van der Waals surface area contributed by atoms with Crippen molar-refractivity contribution in [3.05, 3.63) is 0 Å². The van der Waals surface area contributed by atoms with Gasteiger partial charge in [0.05, 0.1) is 18.8 Å². The van der Waals surface area contributed by atoms with Crippen molar-refractivity contribution in [2.75, 3.05) is 20.3 Å². The summed E-state index contributed by atoms with van der Waals surface area (Å²) in [5.74, 6) is -0.109. The quantitative estimate of drug-likeness (QED) is 0.809. The van der Waals surface area contributed by atoms with Gasteiger partial charge < -0.3 is 24.1 Å². The first kappa shape index (κ1) is 17.5. The minimum atomic E-state index is -0.935. The molecule has 2 aliphatic heterocycles. The van der Waals surface area contributed by atoms with Crippen molar-refractivity contribution in [2.24, 2.45) is 5.92 Å². The number of hydrogen-bond donors (Lipinski definition) is 2. The molecule has 2 saturated heterocycles. The maximum atomic E-state index is 12.0. The third-order valence-corrected chi connectivity index (χ3v) is 4.34. The predicted molar refractivity (Wildman–Crippen MR) is 78.4 cm³/mol. The number of amides is 1. The van der Waals surface area contributed by atoms with Gasteiger partial charge in [-0.25, -0.2) is 4.79 Å². The maximum Gasteiger partial charge on any atom is 0.409 e. The van der Waals surface area contributed by atoms with Gasteiger partial charge in [0.1, 0.15) is 17.3 Å². The van der Waals surface area contributed by atoms with Gasteiger partial charge in [0.15, 0.2) is 6.23 Å². The van der Waals surface area contributed by atoms with Crippen molar-refractivity contribution >= 4 is 6.09 Å². The third kappa shape index (κ3) is 2.82. The fraction of sp³-hybridized carbons (Fsp3) is 0.933. The van der Waals surface area contributed by atoms with Gasteiger partial charge in [-0.05, 0) is 34.6 Å². The molecule has 0 radical (unpaired) electrons. The number of aliphatic hydroxyl groups excluding tert-OH is 1. The number of ether oxygens (including phenoxy) is 4. The first-order valence-electron chi connectivity index (χ1n) is 7.52. The van der Waals surface area contributed by atoms with Crippen molar-refractivity contribution in [1.82, 2.24) is 5.32 Å². The zero-order valence-corrected chi connectivity index (χ0v) is 14.1. The van der Waals surface area contributed by atoms with Crippen LogP contribution in [0.3, 0.4) is 0 Å². The molecule has 2 N–H and O–H groups in total. The predicted octanol–water partition coefficient (Wildman–Crippen LogP) is 1.04. The summed E-state index contributed by atoms with van der Waals surface area (Å²) < 4.78 is 22.7. The van der Waals surface area contributed by atoms with E-state index in [1.54, 1.807) is 27.9 Å². The van der Waals surface area contributed by atoms with Gasteiger partial charge >= 0.3 is 6.09 Å². The van der Waals surface area contributed by atoms with Crippen LogP contribution in [0.25, 0.3) is 0 Å². The zero-order valence-electron chi connectivity index (χ0n) is 14.1. The minimum Gasteiger partial charge on any atom is -0.444 e. The monoisotopic (exact) mass is 317 g/mol. The van der Waals surface area contributed by atoms with E-state index in [9.17, 15) is 9.90 Å². The Morgan fingerprint density at radius 1 is 1.41 bits per heavy atom. The molecule has 0 aromatic rings. The summed E-state index contributed by atoms with van der Waals surface area (Å²) in [7, 11) is 1.54. The van der Waals surface area contributed by atoms with Crippen LogP contribution in [0.2, 0.25) is 0 Å². The number of hydrogen-bond acceptors (Lipinski definition) is 6. The topological polar surface area (TPSA) is 86.3 Å². The fourth-order valence-corrected chi connectivity index (χ4v) is 3.44. The van der Waals surface area contributed by atoms with Gasteiger partial charge in [-0.3, -0.25) is 5.32 Å². The number of rotatable bonds is 3. The van der Waals surface area contributed by atoms with E-state index in [-0.39, 0.29) is 12.5 Å². The Bertz CT molecular complexity index is 432. The van der Waals surface area contributed by atoms with Crippen LogP contribution < -0.4 is 5.32 Å². The highest BCUT2D eigenvalue weighted by Gasteiger charge is 2.68. The molecule has 2 fully saturated rings. The van der Waals surface area contributed by atoms with Crippen LogP contribution in [0.15, 0.2) is 0 Å². The van der Waals surface area contributed by atoms with E-state index in [2.05, 4.69) is 5.32 Å². The molecule has 0 bridgehead atoms. The Hall–Kier alpha value is -0.890. The molecule has 0 saturated carbocycles. The molecular weight excluding hydrogens is 290 g/mol. The molecule has 2 aliphatic rings. The maximum absolute atomic E-state index is 12.0. The molecule has 2 heterocycles. The van der Waals surface area contributed by atoms with Gasteiger partial charge in [0.2, 0.25) is 0 Å². The fourth-order valence-electron chi connectivity index (χ4n) is 3.44. The molecule has 128 valence electrons. The molecule has 0 aromatic carbocycles. The van der Waals surface area contributed by atoms with Crippen molar-refractivity contribution < 1.29 is 28.8 Å². The van der Waals surface area contributed by atoms with Gasteiger partial charge in [-0.2, -0.15) is 0 Å². The molecule has 2 rings (SSSR count). The first-order chi connectivity index (χ1) is 10.1. The van der Waals surface area contributed by atoms with Gasteiger partial charge in [-0.15, -0.1) is 0 Å². The highest BCUT2D eigenvalue weighted by molar-refractivity contribution is 5.68. The Morgan fingerprint density at radius 3 is 2.55 bits per heavy atom. The second-order valence-corrected chi connectivity index (χ2v) is 7.36. The summed E-state index contributed by atoms with van der Waals surface area (Å²) >= 11 is 0. The number of fused-ring (bicyclic) bond motifs is 1. The van der Waals surface area contributed by atoms with Gasteiger partial charge in [0.25, 0.3) is 0 Å². The van der Waals surface area contributed by atoms with Crippen LogP contribution in [0.4, 0.5) is 4.79 Å². The number of carbonyl (C=O) groups excluding carboxylic acids is 1. The van der Waals surface area contributed by atoms with E-state index < -0.39 is 35.2 Å². The highest BCUT2D eigenvalue weighted by Crippen LogP contribution is 2.51. The normalized spacial score (nSPS) is 37.0. The Kier molecular flexibility index (Phi) is 4.47. The van der Waals surface area contributed by atoms with Crippen molar-refractivity contribution in [3.8, 4) is 0 Å². The summed E-state index contributed by atoms with van der Waals surface area (Å²) in [4.78, 5) is 12.0. The van der Waals surface area contributed by atoms with Crippen LogP contribution in [0, 0.1) is 5.92 Å². The lowest BCUT2D eigenvalue weighted by Crippen LogP contribution is -2.60. The Morgan fingerprint density at radius 2 is 2.05 bits per heavy atom. The Labute approximate surface area is 131 Å². The van der Waals surface area contributed by atoms with Crippen LogP contribution in [-0.4, -0.2) is 60.7 Å². The van der Waals surface area contributed by atoms with E-state index in [0.29, 0.717) is 6.61 Å². The summed E-state index contributed by atoms with van der Waals surface area (Å²) in [5, 5.41) is 12.4. The van der Waals surface area contributed by atoms with Gasteiger partial charge in [0, 0.05) is 13.0 Å². The molecule has 0 unspecified atom stereocenters. The molecule has 1 amide bonds. The highest BCUT2D eigenvalue weighted by atomic mass is 16.6. The second-order valence-electron chi connectivity index (χ2n) is 7.36. The van der Waals surface area contributed by atoms with Crippen molar-refractivity contribution in [2.45, 2.75) is 63.8 Å². The minimum absolute atomic E-state index is 0.109. The second kappa shape index (κ2) is 5.63. The number of aliphatic hydroxyl groups is 1. The molecule has 7 heteroatoms. The lowest BCUT2D eigenvalue weighted by atomic mass is 9.78. The third-order valence-electron chi connectivity index (χ3n) is 4.34. The average molecular weight is 317 g/mol. The molecule has 0 spiro atoms. The summed E-state index contributed by atoms with van der Waals surface area (Å²) in [6.45, 7) is 9.38. The van der Waals surface area contributed by atoms with E-state index in [4.69, 9.17) is 18.9 Å². The number of alkyl carbamates (subject to hydrolysis) is 1. The van der Waals surface area contributed by atoms with E-state index >= 15 is 0 Å². The van der Waals surface area contributed by atoms with Crippen molar-refractivity contribution in [3.63, 3.8) is 0 Å². The summed E-state index contributed by atoms with van der Waals surface area (Å²) in [6, 6.07) is 0. The standard InChI is InChI=1S/C15H27NO6/c1-13(2,3)22-12(18)16-11-15(19-6)9(8-20-11)14(4,5)21-10(15)7-17/h9-11,17H,7-8H2,1-6H3,(H,16,18)/t9-,10-,11+,15+/m1/s1. The van der Waals surface area contributed by atoms with Gasteiger partial charge in [-0.1, -0.05) is 0 Å². The molecule has 0 aliphatic carbocycles. The lowest BCUT2D eigenvalue weighted by Gasteiger charge is -2.36. The first-order valence-corrected chi connectivity index (χ1v) is 7.52. The largest absolute Gasteiger partial charge is 0.444 e. The van der Waals surface area contributed by atoms with E-state index in [0.717, 1.165) is 0 Å². The molecular formula is C15H27NO6. The number of methoxy groups -OCH3 is 1. The lowest BCUT2D eigenvalue weighted by molar-refractivity contribution is -0.151. The van der Waals surface area contributed by atoms with Crippen LogP contribution in [-0.2, 0) is 18.9 Å². The van der Waals surface area contributed by atoms with E-state index in [1.807, 2.05) is 13.8 Å². The number of carbonyl (C=O) groups is 1. The molecule has 0 aromatic heterocycles. The molecule has 22 heavy (non-hydrogen) atoms. The van der Waals surface area contributed by atoms with Crippen LogP contribution in [0.1, 0.15) is 34.6 Å². The molecule has 4 atom stereocenters. The zero-order chi connectivity index (χ0) is 16.8. The average Bonchev–Trinajstić information content (AvgIpc) is 2.83. The van der Waals surface area contributed by atoms with Crippen LogP contribution >= 0.6 is 0 Å².